The molecule has 0 spiro atoms. The van der Waals surface area contributed by atoms with Crippen molar-refractivity contribution in [2.45, 2.75) is 33.2 Å². The van der Waals surface area contributed by atoms with Gasteiger partial charge in [0.25, 0.3) is 0 Å². The molecule has 1 atom stereocenters. The van der Waals surface area contributed by atoms with Crippen molar-refractivity contribution >= 4 is 23.1 Å². The molecule has 86 valence electrons. The van der Waals surface area contributed by atoms with E-state index in [4.69, 9.17) is 0 Å². The number of nitrogens with one attached hydrogen (secondary N) is 1. The lowest BCUT2D eigenvalue weighted by Crippen LogP contribution is -2.33. The first-order valence-corrected chi connectivity index (χ1v) is 7.53. The number of hydrogen-bond donors (Lipinski definition) is 1. The largest absolute Gasteiger partial charge is 0.313 e. The summed E-state index contributed by atoms with van der Waals surface area (Å²) in [5.41, 5.74) is 1.19. The second-order valence-electron chi connectivity index (χ2n) is 3.66. The Bertz CT molecular complexity index is 271. The standard InChI is InChI=1S/C11H20N2S2/c1-5-12-10(7-14-4)6-11-13-8(2)9(3)15-11/h10,12H,5-7H2,1-4H3. The van der Waals surface area contributed by atoms with Gasteiger partial charge in [-0.3, -0.25) is 0 Å². The van der Waals surface area contributed by atoms with Crippen LogP contribution in [-0.4, -0.2) is 29.6 Å². The Morgan fingerprint density at radius 3 is 2.67 bits per heavy atom. The molecule has 0 radical (unpaired) electrons. The van der Waals surface area contributed by atoms with Gasteiger partial charge in [0.15, 0.2) is 0 Å². The summed E-state index contributed by atoms with van der Waals surface area (Å²) >= 11 is 3.73. The SMILES string of the molecule is CCNC(CSC)Cc1nc(C)c(C)s1. The number of thioether (sulfide) groups is 1. The summed E-state index contributed by atoms with van der Waals surface area (Å²) < 4.78 is 0. The number of thiazole rings is 1. The highest BCUT2D eigenvalue weighted by Crippen LogP contribution is 2.18. The van der Waals surface area contributed by atoms with Gasteiger partial charge in [-0.15, -0.1) is 11.3 Å². The maximum absolute atomic E-state index is 4.58. The van der Waals surface area contributed by atoms with E-state index in [9.17, 15) is 0 Å². The third-order valence-corrected chi connectivity index (χ3v) is 4.19. The molecule has 2 nitrogen and oxygen atoms in total. The molecule has 1 heterocycles. The number of likely N-dealkylation sites (N-methyl/N-ethyl adjacent to an activating group) is 1. The van der Waals surface area contributed by atoms with Crippen LogP contribution in [0.15, 0.2) is 0 Å². The van der Waals surface area contributed by atoms with E-state index >= 15 is 0 Å². The van der Waals surface area contributed by atoms with Crippen molar-refractivity contribution in [3.63, 3.8) is 0 Å². The zero-order valence-electron chi connectivity index (χ0n) is 9.96. The Morgan fingerprint density at radius 1 is 1.47 bits per heavy atom. The van der Waals surface area contributed by atoms with Gasteiger partial charge in [0.1, 0.15) is 0 Å². The lowest BCUT2D eigenvalue weighted by Gasteiger charge is -2.14. The highest BCUT2D eigenvalue weighted by atomic mass is 32.2. The minimum absolute atomic E-state index is 0.565. The zero-order valence-corrected chi connectivity index (χ0v) is 11.6. The molecule has 1 unspecified atom stereocenters. The van der Waals surface area contributed by atoms with E-state index in [2.05, 4.69) is 37.3 Å². The number of hydrogen-bond acceptors (Lipinski definition) is 4. The third-order valence-electron chi connectivity index (χ3n) is 2.35. The third kappa shape index (κ3) is 4.13. The van der Waals surface area contributed by atoms with E-state index in [0.717, 1.165) is 18.7 Å². The van der Waals surface area contributed by atoms with Crippen molar-refractivity contribution in [2.75, 3.05) is 18.6 Å². The summed E-state index contributed by atoms with van der Waals surface area (Å²) in [6.07, 6.45) is 3.22. The molecule has 0 saturated carbocycles. The summed E-state index contributed by atoms with van der Waals surface area (Å²) in [4.78, 5) is 5.94. The Labute approximate surface area is 101 Å². The highest BCUT2D eigenvalue weighted by Gasteiger charge is 2.11. The summed E-state index contributed by atoms with van der Waals surface area (Å²) in [7, 11) is 0. The molecule has 0 aliphatic carbocycles. The molecule has 1 rings (SSSR count). The van der Waals surface area contributed by atoms with Crippen LogP contribution in [0.5, 0.6) is 0 Å². The van der Waals surface area contributed by atoms with E-state index in [-0.39, 0.29) is 0 Å². The van der Waals surface area contributed by atoms with Gasteiger partial charge in [-0.2, -0.15) is 11.8 Å². The van der Waals surface area contributed by atoms with Gasteiger partial charge in [-0.05, 0) is 26.6 Å². The number of rotatable bonds is 6. The fraction of sp³-hybridized carbons (Fsp3) is 0.727. The average molecular weight is 244 g/mol. The molecule has 0 fully saturated rings. The van der Waals surface area contributed by atoms with Crippen LogP contribution in [0.25, 0.3) is 0 Å². The molecule has 0 aromatic carbocycles. The van der Waals surface area contributed by atoms with Crippen LogP contribution >= 0.6 is 23.1 Å². The first-order chi connectivity index (χ1) is 7.17. The molecular weight excluding hydrogens is 224 g/mol. The minimum atomic E-state index is 0.565. The summed E-state index contributed by atoms with van der Waals surface area (Å²) in [6.45, 7) is 7.43. The zero-order chi connectivity index (χ0) is 11.3. The Morgan fingerprint density at radius 2 is 2.20 bits per heavy atom. The van der Waals surface area contributed by atoms with Crippen molar-refractivity contribution in [3.8, 4) is 0 Å². The number of aryl methyl sites for hydroxylation is 2. The Balaban J connectivity index is 2.56. The quantitative estimate of drug-likeness (QED) is 0.833. The molecular formula is C11H20N2S2. The summed E-state index contributed by atoms with van der Waals surface area (Å²) in [5, 5.41) is 4.78. The van der Waals surface area contributed by atoms with E-state index in [0.29, 0.717) is 6.04 Å². The van der Waals surface area contributed by atoms with Gasteiger partial charge < -0.3 is 5.32 Å². The molecule has 0 aliphatic rings. The van der Waals surface area contributed by atoms with Gasteiger partial charge in [0, 0.05) is 23.1 Å². The van der Waals surface area contributed by atoms with Crippen molar-refractivity contribution in [2.24, 2.45) is 0 Å². The van der Waals surface area contributed by atoms with Gasteiger partial charge >= 0.3 is 0 Å². The lowest BCUT2D eigenvalue weighted by atomic mass is 10.2. The first kappa shape index (κ1) is 13.0. The molecule has 0 aliphatic heterocycles. The number of nitrogens with zero attached hydrogens (tertiary/aromatic N) is 1. The fourth-order valence-corrected chi connectivity index (χ4v) is 3.17. The lowest BCUT2D eigenvalue weighted by molar-refractivity contribution is 0.571. The van der Waals surface area contributed by atoms with E-state index in [1.165, 1.54) is 15.6 Å². The van der Waals surface area contributed by atoms with Crippen molar-refractivity contribution in [1.29, 1.82) is 0 Å². The van der Waals surface area contributed by atoms with Crippen LogP contribution in [-0.2, 0) is 6.42 Å². The molecule has 0 amide bonds. The molecule has 0 bridgehead atoms. The summed E-state index contributed by atoms with van der Waals surface area (Å²) in [5.74, 6) is 1.16. The minimum Gasteiger partial charge on any atom is -0.313 e. The van der Waals surface area contributed by atoms with Gasteiger partial charge in [-0.25, -0.2) is 4.98 Å². The van der Waals surface area contributed by atoms with Crippen molar-refractivity contribution in [1.82, 2.24) is 10.3 Å². The molecule has 15 heavy (non-hydrogen) atoms. The van der Waals surface area contributed by atoms with Gasteiger partial charge in [0.2, 0.25) is 0 Å². The van der Waals surface area contributed by atoms with Gasteiger partial charge in [0.05, 0.1) is 10.7 Å². The molecule has 0 saturated heterocycles. The van der Waals surface area contributed by atoms with E-state index in [1.807, 2.05) is 23.1 Å². The average Bonchev–Trinajstić information content (AvgIpc) is 2.47. The maximum Gasteiger partial charge on any atom is 0.0946 e. The highest BCUT2D eigenvalue weighted by molar-refractivity contribution is 7.98. The van der Waals surface area contributed by atoms with Crippen LogP contribution in [0, 0.1) is 13.8 Å². The first-order valence-electron chi connectivity index (χ1n) is 5.32. The van der Waals surface area contributed by atoms with Crippen molar-refractivity contribution < 1.29 is 0 Å². The van der Waals surface area contributed by atoms with Crippen LogP contribution in [0.2, 0.25) is 0 Å². The fourth-order valence-electron chi connectivity index (χ4n) is 1.52. The van der Waals surface area contributed by atoms with Crippen LogP contribution in [0.4, 0.5) is 0 Å². The summed E-state index contributed by atoms with van der Waals surface area (Å²) in [6, 6.07) is 0.565. The maximum atomic E-state index is 4.58. The number of aromatic nitrogens is 1. The molecule has 4 heteroatoms. The Kier molecular flexibility index (Phi) is 5.64. The molecule has 1 N–H and O–H groups in total. The van der Waals surface area contributed by atoms with Gasteiger partial charge in [-0.1, -0.05) is 6.92 Å². The Hall–Kier alpha value is -0.0600. The second-order valence-corrected chi connectivity index (χ2v) is 5.86. The van der Waals surface area contributed by atoms with Crippen LogP contribution in [0.1, 0.15) is 22.5 Å². The van der Waals surface area contributed by atoms with Crippen LogP contribution in [0.3, 0.4) is 0 Å². The van der Waals surface area contributed by atoms with E-state index in [1.54, 1.807) is 0 Å². The smallest absolute Gasteiger partial charge is 0.0946 e. The predicted octanol–water partition coefficient (Wildman–Crippen LogP) is 2.64. The normalized spacial score (nSPS) is 13.1. The molecule has 1 aromatic heterocycles. The van der Waals surface area contributed by atoms with Crippen LogP contribution < -0.4 is 5.32 Å². The second kappa shape index (κ2) is 6.51. The predicted molar refractivity (Wildman–Crippen MR) is 71.1 cm³/mol. The molecule has 1 aromatic rings. The van der Waals surface area contributed by atoms with Crippen molar-refractivity contribution in [3.05, 3.63) is 15.6 Å². The van der Waals surface area contributed by atoms with E-state index < -0.39 is 0 Å². The topological polar surface area (TPSA) is 24.9 Å². The monoisotopic (exact) mass is 244 g/mol.